The Kier molecular flexibility index (Phi) is 14.1. The van der Waals surface area contributed by atoms with Gasteiger partial charge in [-0.25, -0.2) is 0 Å². The summed E-state index contributed by atoms with van der Waals surface area (Å²) in [4.78, 5) is 0. The summed E-state index contributed by atoms with van der Waals surface area (Å²) < 4.78 is 17.2. The highest BCUT2D eigenvalue weighted by molar-refractivity contribution is 9.09. The monoisotopic (exact) mass is 498 g/mol. The number of rotatable bonds is 13. The molecule has 3 saturated heterocycles. The molecule has 0 amide bonds. The lowest BCUT2D eigenvalue weighted by atomic mass is 9.91. The fraction of sp³-hybridized carbons (Fsp3) is 1.00. The van der Waals surface area contributed by atoms with Crippen LogP contribution >= 0.6 is 31.9 Å². The molecule has 3 heterocycles. The van der Waals surface area contributed by atoms with Gasteiger partial charge in [-0.15, -0.1) is 0 Å². The number of ether oxygens (including phenoxy) is 3. The van der Waals surface area contributed by atoms with Gasteiger partial charge in [-0.2, -0.15) is 0 Å². The van der Waals surface area contributed by atoms with Gasteiger partial charge in [0.2, 0.25) is 0 Å². The molecule has 3 rings (SSSR count). The smallest absolute Gasteiger partial charge is 0.282 e. The van der Waals surface area contributed by atoms with Crippen LogP contribution in [0.2, 0.25) is 0 Å². The van der Waals surface area contributed by atoms with E-state index in [1.165, 1.54) is 69.5 Å². The van der Waals surface area contributed by atoms with E-state index in [9.17, 15) is 0 Å². The van der Waals surface area contributed by atoms with Crippen molar-refractivity contribution in [2.45, 2.75) is 96.9 Å². The molecule has 3 aliphatic heterocycles. The fourth-order valence-corrected chi connectivity index (χ4v) is 3.95. The predicted molar refractivity (Wildman–Crippen MR) is 117 cm³/mol. The van der Waals surface area contributed by atoms with Crippen LogP contribution in [0.1, 0.15) is 90.9 Å². The Morgan fingerprint density at radius 1 is 0.654 bits per heavy atom. The molecule has 0 aromatic heterocycles. The van der Waals surface area contributed by atoms with Crippen molar-refractivity contribution in [2.75, 3.05) is 30.5 Å². The maximum Gasteiger partial charge on any atom is 0.282 e. The number of alkyl halides is 2. The lowest BCUT2D eigenvalue weighted by Gasteiger charge is -2.50. The van der Waals surface area contributed by atoms with Crippen LogP contribution in [0, 0.1) is 5.41 Å². The third-order valence-electron chi connectivity index (χ3n) is 5.03. The van der Waals surface area contributed by atoms with Crippen molar-refractivity contribution in [3.8, 4) is 0 Å². The summed E-state index contributed by atoms with van der Waals surface area (Å²) in [6, 6.07) is 0. The predicted octanol–water partition coefficient (Wildman–Crippen LogP) is 7.20. The van der Waals surface area contributed by atoms with Crippen LogP contribution in [0.25, 0.3) is 0 Å². The van der Waals surface area contributed by atoms with E-state index in [4.69, 9.17) is 14.2 Å². The second-order valence-electron chi connectivity index (χ2n) is 8.02. The first-order valence-corrected chi connectivity index (χ1v) is 12.9. The average molecular weight is 500 g/mol. The largest absolute Gasteiger partial charge is 0.327 e. The molecule has 0 radical (unpaired) electrons. The second kappa shape index (κ2) is 14.8. The summed E-state index contributed by atoms with van der Waals surface area (Å²) in [6.07, 6.45) is 15.5. The molecule has 5 heteroatoms. The Hall–Kier alpha value is 0.840. The van der Waals surface area contributed by atoms with Crippen LogP contribution in [0.5, 0.6) is 0 Å². The first-order chi connectivity index (χ1) is 12.6. The van der Waals surface area contributed by atoms with Crippen LogP contribution < -0.4 is 0 Å². The van der Waals surface area contributed by atoms with Gasteiger partial charge < -0.3 is 14.2 Å². The molecule has 0 saturated carbocycles. The third kappa shape index (κ3) is 10.4. The summed E-state index contributed by atoms with van der Waals surface area (Å²) in [6.45, 7) is 6.73. The minimum absolute atomic E-state index is 0.0810. The van der Waals surface area contributed by atoms with Crippen molar-refractivity contribution in [1.29, 1.82) is 0 Å². The molecule has 3 nitrogen and oxygen atoms in total. The molecule has 0 spiro atoms. The summed E-state index contributed by atoms with van der Waals surface area (Å²) in [5, 5.41) is 2.30. The molecule has 3 fully saturated rings. The maximum absolute atomic E-state index is 5.74. The first kappa shape index (κ1) is 24.9. The molecular formula is C21H40Br2O3. The fourth-order valence-electron chi connectivity index (χ4n) is 3.16. The Bertz CT molecular complexity index is 309. The van der Waals surface area contributed by atoms with Gasteiger partial charge in [0.05, 0.1) is 19.8 Å². The van der Waals surface area contributed by atoms with Crippen LogP contribution in [0.3, 0.4) is 0 Å². The molecule has 0 N–H and O–H groups in total. The van der Waals surface area contributed by atoms with Crippen molar-refractivity contribution >= 4 is 31.9 Å². The normalized spacial score (nSPS) is 27.2. The molecule has 0 aromatic carbocycles. The molecule has 26 heavy (non-hydrogen) atoms. The number of hydrogen-bond acceptors (Lipinski definition) is 3. The lowest BCUT2D eigenvalue weighted by molar-refractivity contribution is -0.467. The standard InChI is InChI=1S/C13H23BrO3.C8H17Br/c1-12-9-15-13(16-10-12,17-11-12)7-5-3-2-4-6-8-14;1-2-3-4-5-6-7-8-9/h2-11H2,1H3;2-8H2,1H3. The van der Waals surface area contributed by atoms with Crippen molar-refractivity contribution in [2.24, 2.45) is 5.41 Å². The van der Waals surface area contributed by atoms with E-state index in [2.05, 4.69) is 45.7 Å². The Labute approximate surface area is 178 Å². The first-order valence-electron chi connectivity index (χ1n) is 10.6. The zero-order valence-corrected chi connectivity index (χ0v) is 20.2. The van der Waals surface area contributed by atoms with Gasteiger partial charge in [-0.05, 0) is 19.3 Å². The van der Waals surface area contributed by atoms with Crippen molar-refractivity contribution in [3.05, 3.63) is 0 Å². The molecule has 0 atom stereocenters. The van der Waals surface area contributed by atoms with E-state index in [0.29, 0.717) is 0 Å². The van der Waals surface area contributed by atoms with Crippen LogP contribution in [-0.4, -0.2) is 36.5 Å². The van der Waals surface area contributed by atoms with E-state index in [1.807, 2.05) is 0 Å². The number of hydrogen-bond donors (Lipinski definition) is 0. The Balaban J connectivity index is 0.000000321. The van der Waals surface area contributed by atoms with Crippen molar-refractivity contribution < 1.29 is 14.2 Å². The second-order valence-corrected chi connectivity index (χ2v) is 9.61. The lowest BCUT2D eigenvalue weighted by Crippen LogP contribution is -2.58. The summed E-state index contributed by atoms with van der Waals surface area (Å²) in [7, 11) is 0. The van der Waals surface area contributed by atoms with Gasteiger partial charge in [0.25, 0.3) is 5.97 Å². The zero-order valence-electron chi connectivity index (χ0n) is 17.0. The molecule has 3 aliphatic rings. The van der Waals surface area contributed by atoms with Gasteiger partial charge in [-0.1, -0.05) is 97.1 Å². The van der Waals surface area contributed by atoms with Gasteiger partial charge in [0.1, 0.15) is 0 Å². The van der Waals surface area contributed by atoms with E-state index < -0.39 is 5.97 Å². The summed E-state index contributed by atoms with van der Waals surface area (Å²) in [5.74, 6) is -0.701. The SMILES string of the molecule is CC12COC(CCCCCCCBr)(OC1)OC2.CCCCCCCCBr. The van der Waals surface area contributed by atoms with Gasteiger partial charge in [-0.3, -0.25) is 0 Å². The topological polar surface area (TPSA) is 27.7 Å². The van der Waals surface area contributed by atoms with Crippen LogP contribution in [0.15, 0.2) is 0 Å². The average Bonchev–Trinajstić information content (AvgIpc) is 2.66. The minimum atomic E-state index is -0.701. The van der Waals surface area contributed by atoms with E-state index in [0.717, 1.165) is 38.0 Å². The molecule has 156 valence electrons. The van der Waals surface area contributed by atoms with Crippen LogP contribution in [0.4, 0.5) is 0 Å². The highest BCUT2D eigenvalue weighted by Gasteiger charge is 2.49. The number of fused-ring (bicyclic) bond motifs is 3. The molecular weight excluding hydrogens is 460 g/mol. The van der Waals surface area contributed by atoms with Crippen LogP contribution in [-0.2, 0) is 14.2 Å². The Morgan fingerprint density at radius 3 is 1.54 bits per heavy atom. The molecule has 0 aromatic rings. The zero-order chi connectivity index (χ0) is 19.1. The molecule has 0 aliphatic carbocycles. The van der Waals surface area contributed by atoms with Crippen molar-refractivity contribution in [1.82, 2.24) is 0 Å². The van der Waals surface area contributed by atoms with E-state index in [-0.39, 0.29) is 5.41 Å². The van der Waals surface area contributed by atoms with Gasteiger partial charge >= 0.3 is 0 Å². The van der Waals surface area contributed by atoms with Gasteiger partial charge in [0, 0.05) is 22.5 Å². The number of halogens is 2. The van der Waals surface area contributed by atoms with Crippen molar-refractivity contribution in [3.63, 3.8) is 0 Å². The van der Waals surface area contributed by atoms with Gasteiger partial charge in [0.15, 0.2) is 0 Å². The van der Waals surface area contributed by atoms with E-state index >= 15 is 0 Å². The van der Waals surface area contributed by atoms with E-state index in [1.54, 1.807) is 0 Å². The quantitative estimate of drug-likeness (QED) is 0.198. The highest BCUT2D eigenvalue weighted by atomic mass is 79.9. The minimum Gasteiger partial charge on any atom is -0.327 e. The summed E-state index contributed by atoms with van der Waals surface area (Å²) >= 11 is 6.87. The molecule has 0 unspecified atom stereocenters. The highest BCUT2D eigenvalue weighted by Crippen LogP contribution is 2.40. The number of unbranched alkanes of at least 4 members (excludes halogenated alkanes) is 9. The third-order valence-corrected chi connectivity index (χ3v) is 6.15. The molecule has 2 bridgehead atoms. The maximum atomic E-state index is 5.74. The Morgan fingerprint density at radius 2 is 1.08 bits per heavy atom. The summed E-state index contributed by atoms with van der Waals surface area (Å²) in [5.41, 5.74) is 0.0810.